The lowest BCUT2D eigenvalue weighted by Gasteiger charge is -2.24. The van der Waals surface area contributed by atoms with Gasteiger partial charge in [0.05, 0.1) is 23.9 Å². The van der Waals surface area contributed by atoms with Crippen molar-refractivity contribution in [1.29, 1.82) is 0 Å². The molecule has 0 saturated heterocycles. The number of fused-ring (bicyclic) bond motifs is 1. The molecule has 0 aliphatic carbocycles. The zero-order valence-corrected chi connectivity index (χ0v) is 20.4. The Kier molecular flexibility index (Phi) is 6.54. The topological polar surface area (TPSA) is 72.7 Å². The molecule has 2 aromatic carbocycles. The lowest BCUT2D eigenvalue weighted by Crippen LogP contribution is -2.40. The van der Waals surface area contributed by atoms with E-state index in [4.69, 9.17) is 16.3 Å². The number of nitrogens with zero attached hydrogens (tertiary/aromatic N) is 2. The molecule has 0 spiro atoms. The first-order valence-corrected chi connectivity index (χ1v) is 11.8. The molecule has 6 nitrogen and oxygen atoms in total. The molecule has 0 bridgehead atoms. The van der Waals surface area contributed by atoms with Gasteiger partial charge in [0, 0.05) is 16.9 Å². The van der Waals surface area contributed by atoms with Crippen LogP contribution in [0.15, 0.2) is 63.5 Å². The van der Waals surface area contributed by atoms with Crippen molar-refractivity contribution < 1.29 is 9.53 Å². The fourth-order valence-electron chi connectivity index (χ4n) is 3.73. The SMILES string of the molecule is CCOC(=O)C1=C(C)N=c2s/c(=C\Nc3ccc(C)c(C)c3)c(=O)n2[C@H]1c1ccc(Cl)cc1. The van der Waals surface area contributed by atoms with Crippen molar-refractivity contribution in [3.63, 3.8) is 0 Å². The number of hydrogen-bond acceptors (Lipinski definition) is 6. The van der Waals surface area contributed by atoms with E-state index in [9.17, 15) is 9.59 Å². The molecule has 0 unspecified atom stereocenters. The summed E-state index contributed by atoms with van der Waals surface area (Å²) in [5.41, 5.74) is 4.65. The van der Waals surface area contributed by atoms with Gasteiger partial charge in [-0.1, -0.05) is 41.1 Å². The van der Waals surface area contributed by atoms with Gasteiger partial charge < -0.3 is 10.1 Å². The molecular weight excluding hydrogens is 458 g/mol. The smallest absolute Gasteiger partial charge is 0.338 e. The van der Waals surface area contributed by atoms with Crippen LogP contribution >= 0.6 is 22.9 Å². The average Bonchev–Trinajstić information content (AvgIpc) is 3.09. The highest BCUT2D eigenvalue weighted by Gasteiger charge is 2.33. The molecule has 8 heteroatoms. The van der Waals surface area contributed by atoms with Crippen molar-refractivity contribution in [2.75, 3.05) is 11.9 Å². The third-order valence-electron chi connectivity index (χ3n) is 5.58. The van der Waals surface area contributed by atoms with Crippen molar-refractivity contribution in [2.45, 2.75) is 33.7 Å². The van der Waals surface area contributed by atoms with Crippen molar-refractivity contribution in [1.82, 2.24) is 4.57 Å². The van der Waals surface area contributed by atoms with Gasteiger partial charge in [0.1, 0.15) is 4.53 Å². The molecule has 33 heavy (non-hydrogen) atoms. The Morgan fingerprint density at radius 1 is 1.18 bits per heavy atom. The average molecular weight is 482 g/mol. The Balaban J connectivity index is 1.85. The largest absolute Gasteiger partial charge is 0.463 e. The summed E-state index contributed by atoms with van der Waals surface area (Å²) in [5, 5.41) is 3.79. The van der Waals surface area contributed by atoms with Gasteiger partial charge in [0.25, 0.3) is 5.56 Å². The Morgan fingerprint density at radius 3 is 2.58 bits per heavy atom. The van der Waals surface area contributed by atoms with Crippen molar-refractivity contribution in [3.8, 4) is 0 Å². The first kappa shape index (κ1) is 23.0. The molecule has 1 atom stereocenters. The summed E-state index contributed by atoms with van der Waals surface area (Å²) >= 11 is 7.36. The van der Waals surface area contributed by atoms with Crippen LogP contribution < -0.4 is 20.2 Å². The molecule has 0 saturated carbocycles. The normalized spacial score (nSPS) is 15.8. The van der Waals surface area contributed by atoms with Crippen molar-refractivity contribution >= 4 is 40.8 Å². The summed E-state index contributed by atoms with van der Waals surface area (Å²) in [6, 6.07) is 12.5. The Labute approximate surface area is 200 Å². The molecule has 0 fully saturated rings. The van der Waals surface area contributed by atoms with Gasteiger partial charge in [-0.3, -0.25) is 9.36 Å². The van der Waals surface area contributed by atoms with Crippen LogP contribution in [-0.2, 0) is 9.53 Å². The minimum absolute atomic E-state index is 0.229. The van der Waals surface area contributed by atoms with E-state index in [1.807, 2.05) is 37.3 Å². The number of benzene rings is 2. The zero-order valence-electron chi connectivity index (χ0n) is 18.8. The number of aryl methyl sites for hydroxylation is 2. The quantitative estimate of drug-likeness (QED) is 0.557. The summed E-state index contributed by atoms with van der Waals surface area (Å²) in [6.45, 7) is 7.84. The van der Waals surface area contributed by atoms with Gasteiger partial charge in [0.2, 0.25) is 0 Å². The van der Waals surface area contributed by atoms with Gasteiger partial charge >= 0.3 is 5.97 Å². The van der Waals surface area contributed by atoms with Gasteiger partial charge in [-0.05, 0) is 68.7 Å². The number of ether oxygens (including phenoxy) is 1. The fraction of sp³-hybridized carbons (Fsp3) is 0.240. The molecule has 170 valence electrons. The van der Waals surface area contributed by atoms with Crippen LogP contribution in [0.2, 0.25) is 5.02 Å². The predicted molar refractivity (Wildman–Crippen MR) is 132 cm³/mol. The highest BCUT2D eigenvalue weighted by molar-refractivity contribution is 7.07. The van der Waals surface area contributed by atoms with E-state index in [0.29, 0.717) is 25.6 Å². The van der Waals surface area contributed by atoms with Gasteiger partial charge in [-0.2, -0.15) is 0 Å². The van der Waals surface area contributed by atoms with Crippen LogP contribution in [0.1, 0.15) is 36.6 Å². The molecule has 1 aliphatic heterocycles. The van der Waals surface area contributed by atoms with Gasteiger partial charge in [-0.15, -0.1) is 0 Å². The second kappa shape index (κ2) is 9.37. The maximum Gasteiger partial charge on any atom is 0.338 e. The maximum absolute atomic E-state index is 13.5. The van der Waals surface area contributed by atoms with Crippen LogP contribution in [0.4, 0.5) is 5.69 Å². The van der Waals surface area contributed by atoms with E-state index in [0.717, 1.165) is 16.8 Å². The monoisotopic (exact) mass is 481 g/mol. The minimum atomic E-state index is -0.652. The van der Waals surface area contributed by atoms with Crippen LogP contribution in [0.5, 0.6) is 0 Å². The molecule has 1 N–H and O–H groups in total. The highest BCUT2D eigenvalue weighted by atomic mass is 35.5. The number of thiazole rings is 1. The van der Waals surface area contributed by atoms with E-state index >= 15 is 0 Å². The van der Waals surface area contributed by atoms with Gasteiger partial charge in [0.15, 0.2) is 4.80 Å². The Hall–Kier alpha value is -3.16. The number of halogens is 1. The molecule has 1 aliphatic rings. The molecule has 3 aromatic rings. The second-order valence-corrected chi connectivity index (χ2v) is 9.24. The summed E-state index contributed by atoms with van der Waals surface area (Å²) in [5.74, 6) is -0.485. The van der Waals surface area contributed by atoms with E-state index in [1.165, 1.54) is 16.9 Å². The van der Waals surface area contributed by atoms with Crippen LogP contribution in [0.3, 0.4) is 0 Å². The summed E-state index contributed by atoms with van der Waals surface area (Å²) < 4.78 is 7.35. The van der Waals surface area contributed by atoms with Crippen molar-refractivity contribution in [3.05, 3.63) is 95.1 Å². The van der Waals surface area contributed by atoms with Crippen molar-refractivity contribution in [2.24, 2.45) is 4.99 Å². The molecule has 0 amide bonds. The molecular formula is C25H24ClN3O3S. The van der Waals surface area contributed by atoms with Crippen LogP contribution in [0, 0.1) is 13.8 Å². The maximum atomic E-state index is 13.5. The first-order chi connectivity index (χ1) is 15.8. The molecule has 1 aromatic heterocycles. The van der Waals surface area contributed by atoms with E-state index in [1.54, 1.807) is 36.7 Å². The lowest BCUT2D eigenvalue weighted by atomic mass is 9.96. The number of hydrogen-bond donors (Lipinski definition) is 1. The standard InChI is InChI=1S/C25H24ClN3O3S/c1-5-32-24(31)21-16(4)28-25-29(22(21)17-7-9-18(26)10-8-17)23(30)20(33-25)13-27-19-11-6-14(2)15(3)12-19/h6-13,22,27H,5H2,1-4H3/b20-13-/t22-/m0/s1. The number of anilines is 1. The van der Waals surface area contributed by atoms with E-state index < -0.39 is 12.0 Å². The number of esters is 1. The molecule has 0 radical (unpaired) electrons. The first-order valence-electron chi connectivity index (χ1n) is 10.6. The van der Waals surface area contributed by atoms with Crippen LogP contribution in [0.25, 0.3) is 6.20 Å². The summed E-state index contributed by atoms with van der Waals surface area (Å²) in [7, 11) is 0. The number of nitrogens with one attached hydrogen (secondary N) is 1. The predicted octanol–water partition coefficient (Wildman–Crippen LogP) is 4.09. The van der Waals surface area contributed by atoms with Gasteiger partial charge in [-0.25, -0.2) is 9.79 Å². The second-order valence-electron chi connectivity index (χ2n) is 7.80. The van der Waals surface area contributed by atoms with Crippen LogP contribution in [-0.4, -0.2) is 17.1 Å². The third-order valence-corrected chi connectivity index (χ3v) is 6.81. The van der Waals surface area contributed by atoms with E-state index in [-0.39, 0.29) is 12.2 Å². The highest BCUT2D eigenvalue weighted by Crippen LogP contribution is 2.31. The number of rotatable bonds is 5. The number of carbonyl (C=O) groups excluding carboxylic acids is 1. The summed E-state index contributed by atoms with van der Waals surface area (Å²) in [4.78, 5) is 31.4. The Morgan fingerprint density at radius 2 is 1.91 bits per heavy atom. The number of carbonyl (C=O) groups is 1. The summed E-state index contributed by atoms with van der Waals surface area (Å²) in [6.07, 6.45) is 1.69. The lowest BCUT2D eigenvalue weighted by molar-refractivity contribution is -0.139. The zero-order chi connectivity index (χ0) is 23.7. The molecule has 2 heterocycles. The fourth-order valence-corrected chi connectivity index (χ4v) is 4.83. The minimum Gasteiger partial charge on any atom is -0.463 e. The number of aromatic nitrogens is 1. The third kappa shape index (κ3) is 4.51. The number of allylic oxidation sites excluding steroid dienone is 1. The molecule has 4 rings (SSSR count). The van der Waals surface area contributed by atoms with E-state index in [2.05, 4.69) is 17.2 Å². The Bertz CT molecular complexity index is 1440.